The Morgan fingerprint density at radius 1 is 1.05 bits per heavy atom. The number of anilines is 1. The molecule has 0 saturated carbocycles. The molecule has 0 atom stereocenters. The third kappa shape index (κ3) is 3.05. The van der Waals surface area contributed by atoms with Gasteiger partial charge in [-0.15, -0.1) is 0 Å². The second kappa shape index (κ2) is 5.45. The largest absolute Gasteiger partial charge is 0.399 e. The average Bonchev–Trinajstić information content (AvgIpc) is 2.47. The third-order valence-corrected chi connectivity index (χ3v) is 3.94. The number of nitrogen functional groups attached to an aromatic ring is 1. The first-order chi connectivity index (χ1) is 10.0. The number of fused-ring (bicyclic) bond motifs is 1. The van der Waals surface area contributed by atoms with Crippen molar-refractivity contribution in [3.8, 4) is 0 Å². The number of halogens is 2. The van der Waals surface area contributed by atoms with Gasteiger partial charge < -0.3 is 5.73 Å². The lowest BCUT2D eigenvalue weighted by Crippen LogP contribution is -2.38. The average molecular weight is 288 g/mol. The molecule has 2 N–H and O–H groups in total. The van der Waals surface area contributed by atoms with Gasteiger partial charge in [0.15, 0.2) is 0 Å². The summed E-state index contributed by atoms with van der Waals surface area (Å²) in [6.07, 6.45) is 0.792. The number of nitrogens with zero attached hydrogens (tertiary/aromatic N) is 1. The molecule has 0 bridgehead atoms. The van der Waals surface area contributed by atoms with E-state index < -0.39 is 5.92 Å². The zero-order chi connectivity index (χ0) is 14.9. The highest BCUT2D eigenvalue weighted by molar-refractivity contribution is 5.45. The van der Waals surface area contributed by atoms with E-state index in [2.05, 4.69) is 0 Å². The fourth-order valence-electron chi connectivity index (χ4n) is 2.82. The summed E-state index contributed by atoms with van der Waals surface area (Å²) < 4.78 is 28.7. The number of hydrogen-bond donors (Lipinski definition) is 1. The van der Waals surface area contributed by atoms with Crippen LogP contribution in [-0.2, 0) is 18.9 Å². The molecule has 0 aromatic heterocycles. The Morgan fingerprint density at radius 2 is 1.81 bits per heavy atom. The monoisotopic (exact) mass is 288 g/mol. The number of benzene rings is 2. The van der Waals surface area contributed by atoms with Crippen LogP contribution >= 0.6 is 0 Å². The van der Waals surface area contributed by atoms with E-state index >= 15 is 0 Å². The third-order valence-electron chi connectivity index (χ3n) is 3.94. The Hall–Kier alpha value is -1.94. The molecular formula is C17H18F2N2. The van der Waals surface area contributed by atoms with Crippen LogP contribution in [0.15, 0.2) is 48.5 Å². The fraction of sp³-hybridized carbons (Fsp3) is 0.294. The molecule has 0 unspecified atom stereocenters. The van der Waals surface area contributed by atoms with E-state index in [4.69, 9.17) is 5.73 Å². The Kier molecular flexibility index (Phi) is 3.64. The lowest BCUT2D eigenvalue weighted by atomic mass is 9.98. The molecule has 1 heterocycles. The molecule has 0 radical (unpaired) electrons. The second-order valence-corrected chi connectivity index (χ2v) is 5.56. The fourth-order valence-corrected chi connectivity index (χ4v) is 2.82. The molecule has 2 nitrogen and oxygen atoms in total. The molecule has 0 aliphatic carbocycles. The Labute approximate surface area is 123 Å². The van der Waals surface area contributed by atoms with Crippen molar-refractivity contribution in [3.63, 3.8) is 0 Å². The standard InChI is InChI=1S/C17H18F2N2/c18-17(19,15-4-2-1-3-5-15)12-21-9-8-13-6-7-16(20)10-14(13)11-21/h1-7,10H,8-9,11-12,20H2. The minimum absolute atomic E-state index is 0.0726. The molecule has 0 saturated heterocycles. The van der Waals surface area contributed by atoms with Gasteiger partial charge in [-0.05, 0) is 29.7 Å². The van der Waals surface area contributed by atoms with Crippen LogP contribution in [0.25, 0.3) is 0 Å². The first-order valence-electron chi connectivity index (χ1n) is 7.07. The lowest BCUT2D eigenvalue weighted by molar-refractivity contribution is -0.0410. The van der Waals surface area contributed by atoms with Crippen molar-refractivity contribution in [2.45, 2.75) is 18.9 Å². The maximum atomic E-state index is 14.3. The molecule has 0 spiro atoms. The quantitative estimate of drug-likeness (QED) is 0.877. The molecule has 0 fully saturated rings. The van der Waals surface area contributed by atoms with Gasteiger partial charge in [-0.25, -0.2) is 0 Å². The zero-order valence-corrected chi connectivity index (χ0v) is 11.7. The molecule has 1 aliphatic rings. The van der Waals surface area contributed by atoms with Crippen LogP contribution in [0.3, 0.4) is 0 Å². The summed E-state index contributed by atoms with van der Waals surface area (Å²) in [7, 11) is 0. The van der Waals surface area contributed by atoms with Crippen molar-refractivity contribution in [2.24, 2.45) is 0 Å². The van der Waals surface area contributed by atoms with Crippen LogP contribution in [0.5, 0.6) is 0 Å². The molecule has 4 heteroatoms. The van der Waals surface area contributed by atoms with Gasteiger partial charge in [0, 0.05) is 24.3 Å². The summed E-state index contributed by atoms with van der Waals surface area (Å²) in [5, 5.41) is 0. The summed E-state index contributed by atoms with van der Waals surface area (Å²) in [5.41, 5.74) is 8.81. The van der Waals surface area contributed by atoms with Gasteiger partial charge in [0.2, 0.25) is 0 Å². The van der Waals surface area contributed by atoms with Gasteiger partial charge >= 0.3 is 0 Å². The molecule has 3 rings (SSSR count). The van der Waals surface area contributed by atoms with Gasteiger partial charge in [0.25, 0.3) is 5.92 Å². The second-order valence-electron chi connectivity index (χ2n) is 5.56. The van der Waals surface area contributed by atoms with E-state index in [1.165, 1.54) is 17.7 Å². The summed E-state index contributed by atoms with van der Waals surface area (Å²) >= 11 is 0. The number of nitrogens with two attached hydrogens (primary N) is 1. The van der Waals surface area contributed by atoms with E-state index in [0.717, 1.165) is 12.0 Å². The van der Waals surface area contributed by atoms with Crippen LogP contribution in [0, 0.1) is 0 Å². The molecule has 21 heavy (non-hydrogen) atoms. The van der Waals surface area contributed by atoms with Gasteiger partial charge in [-0.1, -0.05) is 36.4 Å². The summed E-state index contributed by atoms with van der Waals surface area (Å²) in [4.78, 5) is 1.80. The topological polar surface area (TPSA) is 29.3 Å². The van der Waals surface area contributed by atoms with Gasteiger partial charge in [-0.3, -0.25) is 4.90 Å². The number of hydrogen-bond acceptors (Lipinski definition) is 2. The minimum Gasteiger partial charge on any atom is -0.399 e. The van der Waals surface area contributed by atoms with Crippen molar-refractivity contribution in [1.82, 2.24) is 4.90 Å². The van der Waals surface area contributed by atoms with Crippen molar-refractivity contribution in [3.05, 3.63) is 65.2 Å². The van der Waals surface area contributed by atoms with E-state index in [-0.39, 0.29) is 12.1 Å². The number of alkyl halides is 2. The summed E-state index contributed by atoms with van der Waals surface area (Å²) in [5.74, 6) is -2.83. The van der Waals surface area contributed by atoms with Crippen LogP contribution in [-0.4, -0.2) is 18.0 Å². The lowest BCUT2D eigenvalue weighted by Gasteiger charge is -2.32. The van der Waals surface area contributed by atoms with Crippen molar-refractivity contribution < 1.29 is 8.78 Å². The predicted octanol–water partition coefficient (Wildman–Crippen LogP) is 3.42. The van der Waals surface area contributed by atoms with E-state index in [1.807, 2.05) is 18.2 Å². The van der Waals surface area contributed by atoms with Crippen LogP contribution in [0.2, 0.25) is 0 Å². The van der Waals surface area contributed by atoms with E-state index in [1.54, 1.807) is 23.1 Å². The SMILES string of the molecule is Nc1ccc2c(c1)CN(CC(F)(F)c1ccccc1)CC2. The van der Waals surface area contributed by atoms with Crippen molar-refractivity contribution in [2.75, 3.05) is 18.8 Å². The number of rotatable bonds is 3. The molecular weight excluding hydrogens is 270 g/mol. The van der Waals surface area contributed by atoms with Gasteiger partial charge in [0.05, 0.1) is 6.54 Å². The van der Waals surface area contributed by atoms with Crippen molar-refractivity contribution in [1.29, 1.82) is 0 Å². The first kappa shape index (κ1) is 14.0. The highest BCUT2D eigenvalue weighted by Crippen LogP contribution is 2.31. The molecule has 2 aromatic carbocycles. The highest BCUT2D eigenvalue weighted by Gasteiger charge is 2.34. The molecule has 1 aliphatic heterocycles. The Bertz CT molecular complexity index is 626. The Balaban J connectivity index is 1.75. The van der Waals surface area contributed by atoms with Gasteiger partial charge in [-0.2, -0.15) is 8.78 Å². The molecule has 2 aromatic rings. The van der Waals surface area contributed by atoms with E-state index in [9.17, 15) is 8.78 Å². The molecule has 0 amide bonds. The first-order valence-corrected chi connectivity index (χ1v) is 7.07. The van der Waals surface area contributed by atoms with Crippen LogP contribution in [0.4, 0.5) is 14.5 Å². The maximum Gasteiger partial charge on any atom is 0.285 e. The zero-order valence-electron chi connectivity index (χ0n) is 11.7. The molecule has 110 valence electrons. The van der Waals surface area contributed by atoms with Crippen LogP contribution < -0.4 is 5.73 Å². The summed E-state index contributed by atoms with van der Waals surface area (Å²) in [6.45, 7) is 0.924. The van der Waals surface area contributed by atoms with Crippen LogP contribution in [0.1, 0.15) is 16.7 Å². The van der Waals surface area contributed by atoms with Gasteiger partial charge in [0.1, 0.15) is 0 Å². The van der Waals surface area contributed by atoms with E-state index in [0.29, 0.717) is 18.8 Å². The highest BCUT2D eigenvalue weighted by atomic mass is 19.3. The maximum absolute atomic E-state index is 14.3. The van der Waals surface area contributed by atoms with Crippen molar-refractivity contribution >= 4 is 5.69 Å². The smallest absolute Gasteiger partial charge is 0.285 e. The predicted molar refractivity (Wildman–Crippen MR) is 80.2 cm³/mol. The normalized spacial score (nSPS) is 15.7. The summed E-state index contributed by atoms with van der Waals surface area (Å²) in [6, 6.07) is 13.8. The minimum atomic E-state index is -2.83. The Morgan fingerprint density at radius 3 is 2.57 bits per heavy atom.